The highest BCUT2D eigenvalue weighted by Crippen LogP contribution is 2.29. The van der Waals surface area contributed by atoms with Crippen LogP contribution in [0.15, 0.2) is 17.1 Å². The molecule has 1 amide bonds. The first-order valence-electron chi connectivity index (χ1n) is 5.09. The van der Waals surface area contributed by atoms with E-state index in [1.807, 2.05) is 0 Å². The largest absolute Gasteiger partial charge is 0.322 e. The number of amides is 1. The molecule has 0 fully saturated rings. The molecule has 0 aliphatic heterocycles. The van der Waals surface area contributed by atoms with Crippen molar-refractivity contribution in [3.05, 3.63) is 28.0 Å². The van der Waals surface area contributed by atoms with Gasteiger partial charge in [0.05, 0.1) is 21.8 Å². The number of carbonyl (C=O) groups is 1. The van der Waals surface area contributed by atoms with E-state index in [1.165, 1.54) is 12.1 Å². The minimum Gasteiger partial charge on any atom is -0.322 e. The van der Waals surface area contributed by atoms with Gasteiger partial charge in [-0.3, -0.25) is 4.79 Å². The Morgan fingerprint density at radius 3 is 2.83 bits per heavy atom. The molecule has 1 aromatic carbocycles. The van der Waals surface area contributed by atoms with Gasteiger partial charge in [0, 0.05) is 6.54 Å². The molecule has 0 unspecified atom stereocenters. The second-order valence-corrected chi connectivity index (χ2v) is 4.34. The predicted molar refractivity (Wildman–Crippen MR) is 72.1 cm³/mol. The van der Waals surface area contributed by atoms with E-state index in [1.54, 1.807) is 0 Å². The molecule has 1 aromatic rings. The maximum absolute atomic E-state index is 13.6. The summed E-state index contributed by atoms with van der Waals surface area (Å²) >= 11 is 11.2. The summed E-state index contributed by atoms with van der Waals surface area (Å²) in [7, 11) is 0. The normalized spacial score (nSPS) is 12.0. The van der Waals surface area contributed by atoms with E-state index in [2.05, 4.69) is 17.0 Å². The molecule has 0 aliphatic carbocycles. The van der Waals surface area contributed by atoms with Gasteiger partial charge in [-0.1, -0.05) is 23.2 Å². The van der Waals surface area contributed by atoms with Crippen LogP contribution < -0.4 is 11.1 Å². The lowest BCUT2D eigenvalue weighted by molar-refractivity contribution is -0.117. The van der Waals surface area contributed by atoms with E-state index >= 15 is 0 Å². The van der Waals surface area contributed by atoms with Crippen molar-refractivity contribution in [2.45, 2.75) is 12.5 Å². The van der Waals surface area contributed by atoms with Crippen molar-refractivity contribution in [1.29, 1.82) is 0 Å². The van der Waals surface area contributed by atoms with Gasteiger partial charge < -0.3 is 16.0 Å². The fraction of sp³-hybridized carbons (Fsp3) is 0.273. The summed E-state index contributed by atoms with van der Waals surface area (Å²) < 4.78 is 13.6. The van der Waals surface area contributed by atoms with E-state index < -0.39 is 17.8 Å². The van der Waals surface area contributed by atoms with Crippen LogP contribution in [0.5, 0.6) is 0 Å². The second kappa shape index (κ2) is 6.68. The van der Waals surface area contributed by atoms with Crippen LogP contribution in [0.2, 0.25) is 10.0 Å². The van der Waals surface area contributed by atoms with Crippen LogP contribution in [0.3, 0.4) is 0 Å². The Morgan fingerprint density at radius 2 is 2.22 bits per heavy atom. The zero-order valence-corrected chi connectivity index (χ0v) is 10.9. The topological polar surface area (TPSA) is 67.5 Å². The quantitative estimate of drug-likeness (QED) is 0.646. The van der Waals surface area contributed by atoms with Crippen LogP contribution in [0, 0.1) is 5.82 Å². The van der Waals surface area contributed by atoms with Gasteiger partial charge in [0.1, 0.15) is 0 Å². The van der Waals surface area contributed by atoms with Crippen molar-refractivity contribution in [3.63, 3.8) is 0 Å². The van der Waals surface area contributed by atoms with E-state index in [-0.39, 0.29) is 15.7 Å². The number of carbonyl (C=O) groups excluding carboxylic acids is 1. The molecule has 1 rings (SSSR count). The van der Waals surface area contributed by atoms with Crippen molar-refractivity contribution >= 4 is 41.5 Å². The molecule has 0 heterocycles. The molecule has 0 bridgehead atoms. The highest BCUT2D eigenvalue weighted by molar-refractivity contribution is 6.42. The van der Waals surface area contributed by atoms with Crippen LogP contribution in [0.4, 0.5) is 10.1 Å². The van der Waals surface area contributed by atoms with Crippen LogP contribution >= 0.6 is 23.2 Å². The molecule has 0 spiro atoms. The Labute approximate surface area is 114 Å². The van der Waals surface area contributed by atoms with E-state index in [9.17, 15) is 9.18 Å². The summed E-state index contributed by atoms with van der Waals surface area (Å²) in [5.41, 5.74) is 5.53. The third kappa shape index (κ3) is 3.66. The zero-order valence-electron chi connectivity index (χ0n) is 9.42. The molecule has 1 atom stereocenters. The molecule has 0 saturated carbocycles. The summed E-state index contributed by atoms with van der Waals surface area (Å²) in [4.78, 5) is 15.2. The van der Waals surface area contributed by atoms with Crippen molar-refractivity contribution in [1.82, 2.24) is 0 Å². The number of nitrogens with one attached hydrogen (secondary N) is 1. The fourth-order valence-electron chi connectivity index (χ4n) is 1.21. The third-order valence-electron chi connectivity index (χ3n) is 2.23. The Hall–Kier alpha value is -1.17. The maximum Gasteiger partial charge on any atom is 0.241 e. The van der Waals surface area contributed by atoms with Crippen LogP contribution in [0.1, 0.15) is 6.42 Å². The molecule has 0 radical (unpaired) electrons. The summed E-state index contributed by atoms with van der Waals surface area (Å²) in [6, 6.07) is 1.92. The molecule has 4 nitrogen and oxygen atoms in total. The molecule has 3 N–H and O–H groups in total. The minimum absolute atomic E-state index is 0.0589. The van der Waals surface area contributed by atoms with E-state index in [4.69, 9.17) is 28.9 Å². The molecule has 0 aliphatic rings. The first-order chi connectivity index (χ1) is 8.47. The Morgan fingerprint density at radius 1 is 1.56 bits per heavy atom. The van der Waals surface area contributed by atoms with Gasteiger partial charge in [-0.25, -0.2) is 4.39 Å². The number of benzene rings is 1. The molecule has 7 heteroatoms. The second-order valence-electron chi connectivity index (χ2n) is 3.55. The van der Waals surface area contributed by atoms with Gasteiger partial charge in [0.15, 0.2) is 5.82 Å². The van der Waals surface area contributed by atoms with E-state index in [0.717, 1.165) is 0 Å². The summed E-state index contributed by atoms with van der Waals surface area (Å²) in [6.07, 6.45) is 0.332. The van der Waals surface area contributed by atoms with Crippen LogP contribution in [0.25, 0.3) is 0 Å². The number of halogens is 3. The molecule has 98 valence electrons. The van der Waals surface area contributed by atoms with Gasteiger partial charge in [0.2, 0.25) is 5.91 Å². The number of anilines is 1. The zero-order chi connectivity index (χ0) is 13.7. The number of nitrogens with two attached hydrogens (primary N) is 1. The predicted octanol–water partition coefficient (Wildman–Crippen LogP) is 2.49. The minimum atomic E-state index is -0.788. The van der Waals surface area contributed by atoms with Gasteiger partial charge in [-0.05, 0) is 25.3 Å². The molecular formula is C11H12Cl2FN3O. The van der Waals surface area contributed by atoms with Crippen LogP contribution in [-0.4, -0.2) is 25.2 Å². The maximum atomic E-state index is 13.6. The SMILES string of the molecule is C=NCC[C@H](N)C(=O)Nc1ccc(Cl)c(Cl)c1F. The smallest absolute Gasteiger partial charge is 0.241 e. The number of aliphatic imine (C=N–C) groups is 1. The lowest BCUT2D eigenvalue weighted by Gasteiger charge is -2.12. The lowest BCUT2D eigenvalue weighted by atomic mass is 10.2. The van der Waals surface area contributed by atoms with Gasteiger partial charge in [-0.15, -0.1) is 0 Å². The summed E-state index contributed by atoms with van der Waals surface area (Å²) in [5.74, 6) is -1.30. The lowest BCUT2D eigenvalue weighted by Crippen LogP contribution is -2.36. The molecule has 18 heavy (non-hydrogen) atoms. The van der Waals surface area contributed by atoms with Crippen molar-refractivity contribution in [2.24, 2.45) is 10.7 Å². The van der Waals surface area contributed by atoms with E-state index in [0.29, 0.717) is 13.0 Å². The third-order valence-corrected chi connectivity index (χ3v) is 3.01. The van der Waals surface area contributed by atoms with Crippen molar-refractivity contribution in [3.8, 4) is 0 Å². The summed E-state index contributed by atoms with van der Waals surface area (Å²) in [5, 5.41) is 2.18. The molecule has 0 saturated heterocycles. The van der Waals surface area contributed by atoms with Gasteiger partial charge in [0.25, 0.3) is 0 Å². The average Bonchev–Trinajstić information content (AvgIpc) is 2.36. The Balaban J connectivity index is 2.76. The molecule has 0 aromatic heterocycles. The first-order valence-corrected chi connectivity index (χ1v) is 5.85. The van der Waals surface area contributed by atoms with Crippen molar-refractivity contribution < 1.29 is 9.18 Å². The number of rotatable bonds is 5. The number of hydrogen-bond acceptors (Lipinski definition) is 3. The van der Waals surface area contributed by atoms with Crippen LogP contribution in [-0.2, 0) is 4.79 Å². The highest BCUT2D eigenvalue weighted by atomic mass is 35.5. The highest BCUT2D eigenvalue weighted by Gasteiger charge is 2.17. The standard InChI is InChI=1S/C11H12Cl2FN3O/c1-16-5-4-7(15)11(18)17-8-3-2-6(12)9(13)10(8)14/h2-3,7H,1,4-5,15H2,(H,17,18)/t7-/m0/s1. The Kier molecular flexibility index (Phi) is 5.53. The first kappa shape index (κ1) is 14.9. The van der Waals surface area contributed by atoms with Gasteiger partial charge in [-0.2, -0.15) is 0 Å². The average molecular weight is 292 g/mol. The fourth-order valence-corrected chi connectivity index (χ4v) is 1.52. The monoisotopic (exact) mass is 291 g/mol. The Bertz CT molecular complexity index is 468. The molecular weight excluding hydrogens is 280 g/mol. The number of nitrogens with zero attached hydrogens (tertiary/aromatic N) is 1. The van der Waals surface area contributed by atoms with Crippen molar-refractivity contribution in [2.75, 3.05) is 11.9 Å². The number of hydrogen-bond donors (Lipinski definition) is 2. The summed E-state index contributed by atoms with van der Waals surface area (Å²) in [6.45, 7) is 3.64. The van der Waals surface area contributed by atoms with Gasteiger partial charge >= 0.3 is 0 Å².